The van der Waals surface area contributed by atoms with Gasteiger partial charge in [0.1, 0.15) is 0 Å². The van der Waals surface area contributed by atoms with Gasteiger partial charge in [0, 0.05) is 29.8 Å². The molecule has 0 aliphatic heterocycles. The number of pyridine rings is 1. The van der Waals surface area contributed by atoms with Gasteiger partial charge in [-0.15, -0.1) is 5.10 Å². The predicted molar refractivity (Wildman–Crippen MR) is 106 cm³/mol. The number of nitrogens with one attached hydrogen (secondary N) is 1. The Bertz CT molecular complexity index is 1240. The Labute approximate surface area is 168 Å². The minimum atomic E-state index is -0.434. The molecule has 4 aromatic rings. The van der Waals surface area contributed by atoms with Gasteiger partial charge in [-0.05, 0) is 58.6 Å². The summed E-state index contributed by atoms with van der Waals surface area (Å²) >= 11 is 1.24. The average molecular weight is 407 g/mol. The van der Waals surface area contributed by atoms with Crippen LogP contribution in [-0.4, -0.2) is 36.0 Å². The fourth-order valence-corrected chi connectivity index (χ4v) is 3.69. The zero-order valence-electron chi connectivity index (χ0n) is 15.0. The number of nitrogens with zero attached hydrogens (tertiary/aromatic N) is 6. The highest BCUT2D eigenvalue weighted by atomic mass is 32.2. The number of anilines is 1. The number of non-ortho nitro benzene ring substituents is 1. The summed E-state index contributed by atoms with van der Waals surface area (Å²) in [4.78, 5) is 27.1. The average Bonchev–Trinajstić information content (AvgIpc) is 3.16. The van der Waals surface area contributed by atoms with Crippen LogP contribution in [0.4, 0.5) is 11.4 Å². The summed E-state index contributed by atoms with van der Waals surface area (Å²) in [5, 5.41) is 26.7. The highest BCUT2D eigenvalue weighted by molar-refractivity contribution is 7.99. The molecule has 2 aromatic carbocycles. The van der Waals surface area contributed by atoms with Crippen molar-refractivity contribution in [3.63, 3.8) is 0 Å². The van der Waals surface area contributed by atoms with Gasteiger partial charge in [-0.1, -0.05) is 6.07 Å². The molecule has 0 bridgehead atoms. The van der Waals surface area contributed by atoms with Gasteiger partial charge < -0.3 is 5.32 Å². The molecule has 29 heavy (non-hydrogen) atoms. The lowest BCUT2D eigenvalue weighted by atomic mass is 10.2. The number of tetrazole rings is 1. The molecule has 4 rings (SSSR count). The Morgan fingerprint density at radius 2 is 2.07 bits per heavy atom. The molecule has 2 aromatic heterocycles. The van der Waals surface area contributed by atoms with E-state index in [1.54, 1.807) is 48.7 Å². The molecule has 11 heteroatoms. The topological polar surface area (TPSA) is 129 Å². The molecule has 0 fully saturated rings. The third-order valence-electron chi connectivity index (χ3n) is 3.96. The van der Waals surface area contributed by atoms with E-state index in [0.717, 1.165) is 0 Å². The van der Waals surface area contributed by atoms with Gasteiger partial charge in [0.2, 0.25) is 11.1 Å². The number of carbonyl (C=O) groups excluding carboxylic acids is 1. The SMILES string of the molecule is CC(=O)Nc1cccc(-n2nnnc2Sc2ccc([N+](=O)[O-])c3cccnc23)c1. The van der Waals surface area contributed by atoms with E-state index in [4.69, 9.17) is 0 Å². The van der Waals surface area contributed by atoms with E-state index in [1.807, 2.05) is 0 Å². The Hall–Kier alpha value is -3.86. The molecule has 0 spiro atoms. The molecule has 10 nitrogen and oxygen atoms in total. The van der Waals surface area contributed by atoms with Crippen LogP contribution in [0.3, 0.4) is 0 Å². The molecule has 0 aliphatic carbocycles. The lowest BCUT2D eigenvalue weighted by Crippen LogP contribution is -2.07. The lowest BCUT2D eigenvalue weighted by Gasteiger charge is -2.08. The van der Waals surface area contributed by atoms with Gasteiger partial charge in [-0.3, -0.25) is 19.9 Å². The number of hydrogen-bond donors (Lipinski definition) is 1. The Balaban J connectivity index is 1.73. The van der Waals surface area contributed by atoms with Crippen LogP contribution in [0.25, 0.3) is 16.6 Å². The van der Waals surface area contributed by atoms with Crippen molar-refractivity contribution in [2.24, 2.45) is 0 Å². The maximum atomic E-state index is 11.3. The summed E-state index contributed by atoms with van der Waals surface area (Å²) in [5.74, 6) is -0.183. The van der Waals surface area contributed by atoms with Crippen molar-refractivity contribution in [3.8, 4) is 5.69 Å². The number of nitro benzene ring substituents is 1. The van der Waals surface area contributed by atoms with Crippen LogP contribution in [-0.2, 0) is 4.79 Å². The molecule has 0 unspecified atom stereocenters. The van der Waals surface area contributed by atoms with Crippen molar-refractivity contribution in [2.45, 2.75) is 17.0 Å². The normalized spacial score (nSPS) is 10.8. The molecule has 144 valence electrons. The van der Waals surface area contributed by atoms with Crippen LogP contribution in [0.15, 0.2) is 64.8 Å². The van der Waals surface area contributed by atoms with Gasteiger partial charge in [0.05, 0.1) is 21.5 Å². The van der Waals surface area contributed by atoms with Gasteiger partial charge in [-0.2, -0.15) is 4.68 Å². The number of benzene rings is 2. The molecule has 0 radical (unpaired) electrons. The highest BCUT2D eigenvalue weighted by Gasteiger charge is 2.18. The van der Waals surface area contributed by atoms with E-state index in [9.17, 15) is 14.9 Å². The number of carbonyl (C=O) groups is 1. The van der Waals surface area contributed by atoms with E-state index in [1.165, 1.54) is 29.4 Å². The number of aromatic nitrogens is 5. The van der Waals surface area contributed by atoms with Crippen molar-refractivity contribution < 1.29 is 9.72 Å². The van der Waals surface area contributed by atoms with E-state index >= 15 is 0 Å². The molecular formula is C18H13N7O3S. The number of nitro groups is 1. The van der Waals surface area contributed by atoms with Crippen LogP contribution in [0.5, 0.6) is 0 Å². The van der Waals surface area contributed by atoms with Gasteiger partial charge >= 0.3 is 0 Å². The summed E-state index contributed by atoms with van der Waals surface area (Å²) in [6.07, 6.45) is 1.58. The van der Waals surface area contributed by atoms with Crippen molar-refractivity contribution >= 4 is 39.9 Å². The first-order valence-corrected chi connectivity index (χ1v) is 9.21. The first kappa shape index (κ1) is 18.5. The van der Waals surface area contributed by atoms with Gasteiger partial charge in [0.15, 0.2) is 0 Å². The van der Waals surface area contributed by atoms with Crippen LogP contribution < -0.4 is 5.32 Å². The van der Waals surface area contributed by atoms with E-state index in [0.29, 0.717) is 32.3 Å². The maximum absolute atomic E-state index is 11.3. The summed E-state index contributed by atoms with van der Waals surface area (Å²) in [5.41, 5.74) is 1.75. The molecule has 1 N–H and O–H groups in total. The fraction of sp³-hybridized carbons (Fsp3) is 0.0556. The second-order valence-corrected chi connectivity index (χ2v) is 6.96. The van der Waals surface area contributed by atoms with Crippen LogP contribution >= 0.6 is 11.8 Å². The molecule has 1 amide bonds. The second kappa shape index (κ2) is 7.64. The van der Waals surface area contributed by atoms with Gasteiger partial charge in [-0.25, -0.2) is 0 Å². The minimum absolute atomic E-state index is 0.0138. The van der Waals surface area contributed by atoms with Crippen molar-refractivity contribution in [1.82, 2.24) is 25.2 Å². The largest absolute Gasteiger partial charge is 0.326 e. The smallest absolute Gasteiger partial charge is 0.278 e. The number of amides is 1. The molecule has 0 aliphatic rings. The van der Waals surface area contributed by atoms with Crippen molar-refractivity contribution in [3.05, 3.63) is 64.8 Å². The summed E-state index contributed by atoms with van der Waals surface area (Å²) in [6, 6.07) is 13.5. The molecule has 2 heterocycles. The first-order valence-electron chi connectivity index (χ1n) is 8.39. The lowest BCUT2D eigenvalue weighted by molar-refractivity contribution is -0.383. The van der Waals surface area contributed by atoms with Crippen LogP contribution in [0.1, 0.15) is 6.92 Å². The highest BCUT2D eigenvalue weighted by Crippen LogP contribution is 2.35. The molecular weight excluding hydrogens is 394 g/mol. The second-order valence-electron chi connectivity index (χ2n) is 5.95. The third kappa shape index (κ3) is 3.75. The number of hydrogen-bond acceptors (Lipinski definition) is 8. The van der Waals surface area contributed by atoms with Crippen LogP contribution in [0, 0.1) is 10.1 Å². The monoisotopic (exact) mass is 407 g/mol. The zero-order valence-corrected chi connectivity index (χ0v) is 15.8. The van der Waals surface area contributed by atoms with E-state index < -0.39 is 4.92 Å². The fourth-order valence-electron chi connectivity index (χ4n) is 2.79. The predicted octanol–water partition coefficient (Wildman–Crippen LogP) is 3.23. The van der Waals surface area contributed by atoms with Crippen LogP contribution in [0.2, 0.25) is 0 Å². The quantitative estimate of drug-likeness (QED) is 0.394. The van der Waals surface area contributed by atoms with Crippen molar-refractivity contribution in [2.75, 3.05) is 5.32 Å². The molecule has 0 saturated carbocycles. The Morgan fingerprint density at radius 1 is 1.21 bits per heavy atom. The van der Waals surface area contributed by atoms with Crippen molar-refractivity contribution in [1.29, 1.82) is 0 Å². The third-order valence-corrected chi connectivity index (χ3v) is 4.95. The minimum Gasteiger partial charge on any atom is -0.326 e. The molecule has 0 saturated heterocycles. The van der Waals surface area contributed by atoms with E-state index in [2.05, 4.69) is 25.8 Å². The Kier molecular flexibility index (Phi) is 4.87. The first-order chi connectivity index (χ1) is 14.0. The number of rotatable bonds is 5. The van der Waals surface area contributed by atoms with Gasteiger partial charge in [0.25, 0.3) is 5.69 Å². The summed E-state index contributed by atoms with van der Waals surface area (Å²) in [7, 11) is 0. The Morgan fingerprint density at radius 3 is 2.86 bits per heavy atom. The molecule has 0 atom stereocenters. The maximum Gasteiger partial charge on any atom is 0.278 e. The summed E-state index contributed by atoms with van der Waals surface area (Å²) in [6.45, 7) is 1.43. The number of fused-ring (bicyclic) bond motifs is 1. The zero-order chi connectivity index (χ0) is 20.4. The van der Waals surface area contributed by atoms with E-state index in [-0.39, 0.29) is 11.6 Å². The summed E-state index contributed by atoms with van der Waals surface area (Å²) < 4.78 is 1.52. The standard InChI is InChI=1S/C18H13N7O3S/c1-11(26)20-12-4-2-5-13(10-12)24-18(21-22-23-24)29-16-8-7-15(25(27)28)14-6-3-9-19-17(14)16/h2-10H,1H3,(H,20,26).